The summed E-state index contributed by atoms with van der Waals surface area (Å²) < 4.78 is 6.20. The molecule has 1 N–H and O–H groups in total. The summed E-state index contributed by atoms with van der Waals surface area (Å²) in [6.45, 7) is 4.16. The van der Waals surface area contributed by atoms with Gasteiger partial charge in [0.05, 0.1) is 6.61 Å². The Morgan fingerprint density at radius 3 is 2.71 bits per heavy atom. The smallest absolute Gasteiger partial charge is 0.339 e. The standard InChI is InChI=1S/C10H11IO3/c1-3-14-9-6(2)4-7(11)5-8(9)10(12)13/h4-5H,3H2,1-2H3,(H,12,13). The quantitative estimate of drug-likeness (QED) is 0.873. The molecule has 4 heteroatoms. The van der Waals surface area contributed by atoms with Crippen LogP contribution in [0.5, 0.6) is 5.75 Å². The van der Waals surface area contributed by atoms with Crippen LogP contribution in [0.15, 0.2) is 12.1 Å². The van der Waals surface area contributed by atoms with Gasteiger partial charge in [-0.1, -0.05) is 0 Å². The van der Waals surface area contributed by atoms with Crippen molar-refractivity contribution in [3.8, 4) is 5.75 Å². The van der Waals surface area contributed by atoms with Gasteiger partial charge in [0.2, 0.25) is 0 Å². The van der Waals surface area contributed by atoms with Crippen LogP contribution in [0.4, 0.5) is 0 Å². The molecular formula is C10H11IO3. The third kappa shape index (κ3) is 2.37. The fourth-order valence-corrected chi connectivity index (χ4v) is 2.00. The second kappa shape index (κ2) is 4.63. The van der Waals surface area contributed by atoms with E-state index in [1.54, 1.807) is 6.07 Å². The maximum Gasteiger partial charge on any atom is 0.339 e. The number of carboxylic acids is 1. The summed E-state index contributed by atoms with van der Waals surface area (Å²) in [5.74, 6) is -0.476. The van der Waals surface area contributed by atoms with E-state index in [9.17, 15) is 4.79 Å². The largest absolute Gasteiger partial charge is 0.493 e. The molecule has 0 saturated carbocycles. The van der Waals surface area contributed by atoms with E-state index < -0.39 is 5.97 Å². The normalized spacial score (nSPS) is 9.93. The van der Waals surface area contributed by atoms with Gasteiger partial charge in [-0.25, -0.2) is 4.79 Å². The molecule has 0 saturated heterocycles. The molecule has 0 aliphatic carbocycles. The molecule has 0 amide bonds. The van der Waals surface area contributed by atoms with Gasteiger partial charge in [0, 0.05) is 3.57 Å². The van der Waals surface area contributed by atoms with Crippen LogP contribution in [0.1, 0.15) is 22.8 Å². The zero-order valence-electron chi connectivity index (χ0n) is 8.00. The highest BCUT2D eigenvalue weighted by molar-refractivity contribution is 14.1. The number of carboxylic acid groups (broad SMARTS) is 1. The molecule has 0 atom stereocenters. The van der Waals surface area contributed by atoms with Crippen molar-refractivity contribution in [3.63, 3.8) is 0 Å². The van der Waals surface area contributed by atoms with Crippen LogP contribution >= 0.6 is 22.6 Å². The first kappa shape index (κ1) is 11.3. The van der Waals surface area contributed by atoms with Crippen molar-refractivity contribution in [1.82, 2.24) is 0 Å². The second-order valence-corrected chi connectivity index (χ2v) is 4.08. The molecule has 0 bridgehead atoms. The minimum absolute atomic E-state index is 0.233. The van der Waals surface area contributed by atoms with Crippen LogP contribution in [0.3, 0.4) is 0 Å². The zero-order valence-corrected chi connectivity index (χ0v) is 10.2. The van der Waals surface area contributed by atoms with E-state index in [1.165, 1.54) is 0 Å². The number of aromatic carboxylic acids is 1. The van der Waals surface area contributed by atoms with E-state index in [0.29, 0.717) is 12.4 Å². The molecule has 0 heterocycles. The average Bonchev–Trinajstić information content (AvgIpc) is 2.09. The van der Waals surface area contributed by atoms with Crippen molar-refractivity contribution in [2.75, 3.05) is 6.61 Å². The van der Waals surface area contributed by atoms with E-state index in [1.807, 2.05) is 19.9 Å². The molecule has 1 aromatic carbocycles. The van der Waals surface area contributed by atoms with Crippen molar-refractivity contribution < 1.29 is 14.6 Å². The lowest BCUT2D eigenvalue weighted by atomic mass is 10.1. The monoisotopic (exact) mass is 306 g/mol. The van der Waals surface area contributed by atoms with Crippen molar-refractivity contribution in [2.45, 2.75) is 13.8 Å². The summed E-state index contributed by atoms with van der Waals surface area (Å²) >= 11 is 2.09. The van der Waals surface area contributed by atoms with Gasteiger partial charge >= 0.3 is 5.97 Å². The number of halogens is 1. The number of aryl methyl sites for hydroxylation is 1. The molecule has 0 fully saturated rings. The number of hydrogen-bond donors (Lipinski definition) is 1. The van der Waals surface area contributed by atoms with Gasteiger partial charge in [0.25, 0.3) is 0 Å². The molecule has 1 aromatic rings. The highest BCUT2D eigenvalue weighted by Crippen LogP contribution is 2.26. The number of carbonyl (C=O) groups is 1. The number of hydrogen-bond acceptors (Lipinski definition) is 2. The first-order valence-corrected chi connectivity index (χ1v) is 5.30. The maximum atomic E-state index is 10.9. The lowest BCUT2D eigenvalue weighted by molar-refractivity contribution is 0.0692. The minimum Gasteiger partial charge on any atom is -0.493 e. The van der Waals surface area contributed by atoms with Crippen molar-refractivity contribution in [1.29, 1.82) is 0 Å². The van der Waals surface area contributed by atoms with Gasteiger partial charge in [-0.3, -0.25) is 0 Å². The molecule has 14 heavy (non-hydrogen) atoms. The summed E-state index contributed by atoms with van der Waals surface area (Å²) in [7, 11) is 0. The Balaban J connectivity index is 3.28. The van der Waals surface area contributed by atoms with Crippen molar-refractivity contribution in [3.05, 3.63) is 26.8 Å². The lowest BCUT2D eigenvalue weighted by Gasteiger charge is -2.10. The Morgan fingerprint density at radius 2 is 2.21 bits per heavy atom. The summed E-state index contributed by atoms with van der Waals surface area (Å²) in [4.78, 5) is 10.9. The first-order chi connectivity index (χ1) is 6.56. The molecule has 0 unspecified atom stereocenters. The molecule has 3 nitrogen and oxygen atoms in total. The maximum absolute atomic E-state index is 10.9. The summed E-state index contributed by atoms with van der Waals surface area (Å²) in [5.41, 5.74) is 1.09. The highest BCUT2D eigenvalue weighted by Gasteiger charge is 2.14. The summed E-state index contributed by atoms with van der Waals surface area (Å²) in [6, 6.07) is 3.51. The Hall–Kier alpha value is -0.780. The molecule has 0 aromatic heterocycles. The van der Waals surface area contributed by atoms with E-state index in [-0.39, 0.29) is 5.56 Å². The molecule has 1 rings (SSSR count). The average molecular weight is 306 g/mol. The van der Waals surface area contributed by atoms with Crippen LogP contribution in [0, 0.1) is 10.5 Å². The highest BCUT2D eigenvalue weighted by atomic mass is 127. The lowest BCUT2D eigenvalue weighted by Crippen LogP contribution is -2.05. The van der Waals surface area contributed by atoms with Crippen LogP contribution in [0.25, 0.3) is 0 Å². The van der Waals surface area contributed by atoms with Gasteiger partial charge in [-0.15, -0.1) is 0 Å². The Kier molecular flexibility index (Phi) is 3.74. The van der Waals surface area contributed by atoms with Crippen LogP contribution in [-0.2, 0) is 0 Å². The molecule has 76 valence electrons. The summed E-state index contributed by atoms with van der Waals surface area (Å²) in [5, 5.41) is 8.96. The van der Waals surface area contributed by atoms with E-state index in [2.05, 4.69) is 22.6 Å². The van der Waals surface area contributed by atoms with Crippen LogP contribution in [0.2, 0.25) is 0 Å². The Labute approximate surface area is 96.2 Å². The van der Waals surface area contributed by atoms with E-state index in [4.69, 9.17) is 9.84 Å². The predicted molar refractivity (Wildman–Crippen MR) is 62.0 cm³/mol. The van der Waals surface area contributed by atoms with Crippen LogP contribution in [-0.4, -0.2) is 17.7 Å². The van der Waals surface area contributed by atoms with E-state index >= 15 is 0 Å². The topological polar surface area (TPSA) is 46.5 Å². The van der Waals surface area contributed by atoms with Gasteiger partial charge in [0.1, 0.15) is 11.3 Å². The second-order valence-electron chi connectivity index (χ2n) is 2.84. The third-order valence-corrected chi connectivity index (χ3v) is 2.38. The molecule has 0 aliphatic rings. The van der Waals surface area contributed by atoms with Gasteiger partial charge in [0.15, 0.2) is 0 Å². The summed E-state index contributed by atoms with van der Waals surface area (Å²) in [6.07, 6.45) is 0. The molecular weight excluding hydrogens is 295 g/mol. The fourth-order valence-electron chi connectivity index (χ4n) is 1.22. The number of benzene rings is 1. The van der Waals surface area contributed by atoms with Crippen molar-refractivity contribution >= 4 is 28.6 Å². The fraction of sp³-hybridized carbons (Fsp3) is 0.300. The molecule has 0 spiro atoms. The Bertz CT molecular complexity index is 361. The van der Waals surface area contributed by atoms with Crippen molar-refractivity contribution in [2.24, 2.45) is 0 Å². The predicted octanol–water partition coefficient (Wildman–Crippen LogP) is 2.70. The minimum atomic E-state index is -0.949. The zero-order chi connectivity index (χ0) is 10.7. The van der Waals surface area contributed by atoms with Crippen LogP contribution < -0.4 is 4.74 Å². The Morgan fingerprint density at radius 1 is 1.57 bits per heavy atom. The first-order valence-electron chi connectivity index (χ1n) is 4.22. The van der Waals surface area contributed by atoms with Gasteiger partial charge in [-0.2, -0.15) is 0 Å². The third-order valence-electron chi connectivity index (χ3n) is 1.76. The SMILES string of the molecule is CCOc1c(C)cc(I)cc1C(=O)O. The number of rotatable bonds is 3. The van der Waals surface area contributed by atoms with E-state index in [0.717, 1.165) is 9.13 Å². The molecule has 0 radical (unpaired) electrons. The molecule has 0 aliphatic heterocycles. The number of ether oxygens (including phenoxy) is 1. The van der Waals surface area contributed by atoms with Gasteiger partial charge in [-0.05, 0) is 54.1 Å². The van der Waals surface area contributed by atoms with Gasteiger partial charge < -0.3 is 9.84 Å².